The van der Waals surface area contributed by atoms with E-state index in [0.29, 0.717) is 24.2 Å². The van der Waals surface area contributed by atoms with Crippen LogP contribution in [-0.4, -0.2) is 47.5 Å². The quantitative estimate of drug-likeness (QED) is 0.201. The Labute approximate surface area is 246 Å². The van der Waals surface area contributed by atoms with Gasteiger partial charge < -0.3 is 20.3 Å². The molecule has 0 saturated carbocycles. The van der Waals surface area contributed by atoms with Crippen LogP contribution in [0.1, 0.15) is 95.9 Å². The second kappa shape index (κ2) is 17.1. The fourth-order valence-corrected chi connectivity index (χ4v) is 4.49. The van der Waals surface area contributed by atoms with Crippen molar-refractivity contribution >= 4 is 17.9 Å². The molecule has 0 spiro atoms. The second-order valence-corrected chi connectivity index (χ2v) is 11.3. The van der Waals surface area contributed by atoms with Crippen LogP contribution in [0.15, 0.2) is 54.6 Å². The molecule has 0 radical (unpaired) electrons. The van der Waals surface area contributed by atoms with Gasteiger partial charge in [0.2, 0.25) is 11.8 Å². The highest BCUT2D eigenvalue weighted by Gasteiger charge is 2.36. The Balaban J connectivity index is 2.53. The number of rotatable bonds is 15. The maximum atomic E-state index is 14.4. The Kier molecular flexibility index (Phi) is 14.0. The van der Waals surface area contributed by atoms with Crippen molar-refractivity contribution in [2.45, 2.75) is 97.2 Å². The van der Waals surface area contributed by atoms with Crippen LogP contribution in [0.4, 0.5) is 4.79 Å². The molecule has 0 aliphatic rings. The predicted molar refractivity (Wildman–Crippen MR) is 164 cm³/mol. The van der Waals surface area contributed by atoms with Crippen LogP contribution in [-0.2, 0) is 20.7 Å². The lowest BCUT2D eigenvalue weighted by molar-refractivity contribution is -0.142. The zero-order valence-electron chi connectivity index (χ0n) is 25.4. The van der Waals surface area contributed by atoms with Crippen molar-refractivity contribution in [1.82, 2.24) is 15.5 Å². The molecule has 7 nitrogen and oxygen atoms in total. The molecule has 0 heterocycles. The molecule has 0 saturated heterocycles. The average Bonchev–Trinajstić information content (AvgIpc) is 2.94. The first-order valence-electron chi connectivity index (χ1n) is 14.8. The molecule has 2 rings (SSSR count). The van der Waals surface area contributed by atoms with E-state index >= 15 is 0 Å². The number of terminal acetylenes is 1. The van der Waals surface area contributed by atoms with Crippen LogP contribution in [0.5, 0.6) is 0 Å². The van der Waals surface area contributed by atoms with E-state index in [2.05, 4.69) is 30.4 Å². The lowest BCUT2D eigenvalue weighted by Gasteiger charge is -2.34. The molecule has 41 heavy (non-hydrogen) atoms. The third-order valence-electron chi connectivity index (χ3n) is 6.59. The SMILES string of the molecule is C#Cc1ccc(C(C(=O)NCCCC)N(CCCCCC)C(=O)C(Cc2ccccc2)NC(=O)OC(C)(C)C)cc1. The summed E-state index contributed by atoms with van der Waals surface area (Å²) in [5.74, 6) is 2.01. The summed E-state index contributed by atoms with van der Waals surface area (Å²) in [5, 5.41) is 5.83. The maximum absolute atomic E-state index is 14.4. The molecule has 2 N–H and O–H groups in total. The number of ether oxygens (including phenoxy) is 1. The van der Waals surface area contributed by atoms with Gasteiger partial charge in [-0.3, -0.25) is 9.59 Å². The molecule has 0 aliphatic carbocycles. The molecule has 7 heteroatoms. The van der Waals surface area contributed by atoms with Crippen molar-refractivity contribution in [3.8, 4) is 12.3 Å². The van der Waals surface area contributed by atoms with Gasteiger partial charge in [-0.1, -0.05) is 87.9 Å². The summed E-state index contributed by atoms with van der Waals surface area (Å²) in [7, 11) is 0. The summed E-state index contributed by atoms with van der Waals surface area (Å²) in [6.45, 7) is 10.4. The van der Waals surface area contributed by atoms with Gasteiger partial charge in [0.15, 0.2) is 0 Å². The van der Waals surface area contributed by atoms with Crippen molar-refractivity contribution in [3.63, 3.8) is 0 Å². The number of unbranched alkanes of at least 4 members (excludes halogenated alkanes) is 4. The van der Waals surface area contributed by atoms with Gasteiger partial charge in [0, 0.05) is 25.1 Å². The van der Waals surface area contributed by atoms with E-state index in [4.69, 9.17) is 11.2 Å². The second-order valence-electron chi connectivity index (χ2n) is 11.3. The molecule has 0 fully saturated rings. The monoisotopic (exact) mass is 561 g/mol. The van der Waals surface area contributed by atoms with Crippen molar-refractivity contribution in [2.75, 3.05) is 13.1 Å². The summed E-state index contributed by atoms with van der Waals surface area (Å²) < 4.78 is 5.51. The number of hydrogen-bond donors (Lipinski definition) is 2. The molecule has 0 bridgehead atoms. The summed E-state index contributed by atoms with van der Waals surface area (Å²) in [4.78, 5) is 42.7. The minimum atomic E-state index is -0.936. The van der Waals surface area contributed by atoms with Crippen LogP contribution >= 0.6 is 0 Å². The van der Waals surface area contributed by atoms with Gasteiger partial charge >= 0.3 is 6.09 Å². The first-order valence-corrected chi connectivity index (χ1v) is 14.8. The number of benzene rings is 2. The van der Waals surface area contributed by atoms with Crippen molar-refractivity contribution < 1.29 is 19.1 Å². The fourth-order valence-electron chi connectivity index (χ4n) is 4.49. The Morgan fingerprint density at radius 1 is 0.927 bits per heavy atom. The summed E-state index contributed by atoms with van der Waals surface area (Å²) in [5.41, 5.74) is 1.51. The van der Waals surface area contributed by atoms with E-state index in [0.717, 1.165) is 44.1 Å². The standard InChI is InChI=1S/C34H47N3O4/c1-7-10-12-16-24-37(30(31(38)35-23-11-8-2)28-21-19-26(9-3)20-22-28)32(39)29(25-27-17-14-13-15-18-27)36-33(40)41-34(4,5)6/h3,13-15,17-22,29-30H,7-8,10-12,16,23-25H2,1-2,4-6H3,(H,35,38)(H,36,40). The highest BCUT2D eigenvalue weighted by molar-refractivity contribution is 5.92. The number of amides is 3. The van der Waals surface area contributed by atoms with Gasteiger partial charge in [0.1, 0.15) is 17.7 Å². The number of hydrogen-bond acceptors (Lipinski definition) is 4. The number of carbonyl (C=O) groups excluding carboxylic acids is 3. The van der Waals surface area contributed by atoms with Gasteiger partial charge in [-0.2, -0.15) is 0 Å². The molecule has 0 aromatic heterocycles. The number of nitrogens with zero attached hydrogens (tertiary/aromatic N) is 1. The average molecular weight is 562 g/mol. The Hall–Kier alpha value is -3.79. The van der Waals surface area contributed by atoms with E-state index in [1.54, 1.807) is 49.9 Å². The molecule has 2 aromatic rings. The first-order chi connectivity index (χ1) is 19.6. The molecule has 3 amide bonds. The minimum absolute atomic E-state index is 0.255. The van der Waals surface area contributed by atoms with E-state index in [1.165, 1.54) is 0 Å². The molecular formula is C34H47N3O4. The van der Waals surface area contributed by atoms with Crippen molar-refractivity contribution in [3.05, 3.63) is 71.3 Å². The Bertz CT molecular complexity index is 1130. The zero-order chi connectivity index (χ0) is 30.3. The minimum Gasteiger partial charge on any atom is -0.444 e. The van der Waals surface area contributed by atoms with E-state index in [1.807, 2.05) is 30.3 Å². The van der Waals surface area contributed by atoms with Gasteiger partial charge in [0.05, 0.1) is 0 Å². The largest absolute Gasteiger partial charge is 0.444 e. The smallest absolute Gasteiger partial charge is 0.408 e. The van der Waals surface area contributed by atoms with Crippen LogP contribution in [0.25, 0.3) is 0 Å². The van der Waals surface area contributed by atoms with Crippen LogP contribution in [0.2, 0.25) is 0 Å². The van der Waals surface area contributed by atoms with Crippen molar-refractivity contribution in [1.29, 1.82) is 0 Å². The number of nitrogens with one attached hydrogen (secondary N) is 2. The van der Waals surface area contributed by atoms with Gasteiger partial charge in [0.25, 0.3) is 0 Å². The first kappa shape index (κ1) is 33.4. The highest BCUT2D eigenvalue weighted by atomic mass is 16.6. The molecule has 2 unspecified atom stereocenters. The van der Waals surface area contributed by atoms with Crippen LogP contribution in [0, 0.1) is 12.3 Å². The summed E-state index contributed by atoms with van der Waals surface area (Å²) in [6, 6.07) is 14.9. The highest BCUT2D eigenvalue weighted by Crippen LogP contribution is 2.25. The third-order valence-corrected chi connectivity index (χ3v) is 6.59. The van der Waals surface area contributed by atoms with Gasteiger partial charge in [-0.05, 0) is 56.9 Å². The van der Waals surface area contributed by atoms with E-state index < -0.39 is 23.8 Å². The number of alkyl carbamates (subject to hydrolysis) is 1. The van der Waals surface area contributed by atoms with Crippen molar-refractivity contribution in [2.24, 2.45) is 0 Å². The molecule has 2 atom stereocenters. The molecule has 2 aromatic carbocycles. The van der Waals surface area contributed by atoms with Crippen LogP contribution in [0.3, 0.4) is 0 Å². The third kappa shape index (κ3) is 11.7. The van der Waals surface area contributed by atoms with Gasteiger partial charge in [-0.25, -0.2) is 4.79 Å². The fraction of sp³-hybridized carbons (Fsp3) is 0.500. The molecule has 0 aliphatic heterocycles. The Morgan fingerprint density at radius 2 is 1.59 bits per heavy atom. The predicted octanol–water partition coefficient (Wildman–Crippen LogP) is 6.17. The van der Waals surface area contributed by atoms with E-state index in [9.17, 15) is 14.4 Å². The zero-order valence-corrected chi connectivity index (χ0v) is 25.4. The summed E-state index contributed by atoms with van der Waals surface area (Å²) >= 11 is 0. The van der Waals surface area contributed by atoms with Crippen LogP contribution < -0.4 is 10.6 Å². The Morgan fingerprint density at radius 3 is 2.17 bits per heavy atom. The van der Waals surface area contributed by atoms with Gasteiger partial charge in [-0.15, -0.1) is 6.42 Å². The topological polar surface area (TPSA) is 87.7 Å². The lowest BCUT2D eigenvalue weighted by atomic mass is 9.99. The van der Waals surface area contributed by atoms with E-state index in [-0.39, 0.29) is 18.2 Å². The molecule has 222 valence electrons. The molecular weight excluding hydrogens is 514 g/mol. The lowest BCUT2D eigenvalue weighted by Crippen LogP contribution is -2.54. The maximum Gasteiger partial charge on any atom is 0.408 e. The summed E-state index contributed by atoms with van der Waals surface area (Å²) in [6.07, 6.45) is 10.6. The normalized spacial score (nSPS) is 12.5. The number of carbonyl (C=O) groups is 3.